The van der Waals surface area contributed by atoms with Gasteiger partial charge in [0.05, 0.1) is 21.3 Å². The molecule has 0 unspecified atom stereocenters. The molecule has 0 aromatic heterocycles. The van der Waals surface area contributed by atoms with Crippen LogP contribution in [0.25, 0.3) is 0 Å². The van der Waals surface area contributed by atoms with Crippen LogP contribution < -0.4 is 4.90 Å². The molecule has 0 N–H and O–H groups in total. The van der Waals surface area contributed by atoms with E-state index < -0.39 is 57.3 Å². The normalized spacial score (nSPS) is 18.7. The summed E-state index contributed by atoms with van der Waals surface area (Å²) in [5, 5.41) is 22.3. The minimum Gasteiger partial charge on any atom is -0.360 e. The molecule has 0 spiro atoms. The van der Waals surface area contributed by atoms with E-state index in [0.717, 1.165) is 4.90 Å². The quantitative estimate of drug-likeness (QED) is 0.438. The number of hydrogen-bond donors (Lipinski definition) is 0. The summed E-state index contributed by atoms with van der Waals surface area (Å²) in [6, 6.07) is 0.194. The number of nitro groups is 2. The average Bonchev–Trinajstić information content (AvgIpc) is 2.51. The van der Waals surface area contributed by atoms with Crippen molar-refractivity contribution in [3.05, 3.63) is 37.9 Å². The Hall–Kier alpha value is -2.60. The standard InChI is InChI=1S/C13H11F6N3O4/c14-12(15,16)7-2-1-3-20(6-7)11-9(21(23)24)4-8(13(17,18)19)5-10(11)22(25)26/h4-5,7H,1-3,6H2/t7-/m1/s1. The highest BCUT2D eigenvalue weighted by Gasteiger charge is 2.45. The number of rotatable bonds is 3. The van der Waals surface area contributed by atoms with Crippen LogP contribution in [0.5, 0.6) is 0 Å². The van der Waals surface area contributed by atoms with Crippen LogP contribution in [0.2, 0.25) is 0 Å². The summed E-state index contributed by atoms with van der Waals surface area (Å²) >= 11 is 0. The topological polar surface area (TPSA) is 89.5 Å². The van der Waals surface area contributed by atoms with Gasteiger partial charge >= 0.3 is 12.4 Å². The van der Waals surface area contributed by atoms with Crippen molar-refractivity contribution in [1.82, 2.24) is 0 Å². The molecular weight excluding hydrogens is 376 g/mol. The second kappa shape index (κ2) is 6.61. The van der Waals surface area contributed by atoms with E-state index in [4.69, 9.17) is 0 Å². The largest absolute Gasteiger partial charge is 0.416 e. The molecule has 0 radical (unpaired) electrons. The molecule has 13 heteroatoms. The second-order valence-corrected chi connectivity index (χ2v) is 5.70. The molecule has 0 aliphatic carbocycles. The third-order valence-electron chi connectivity index (χ3n) is 3.99. The van der Waals surface area contributed by atoms with Gasteiger partial charge in [0.15, 0.2) is 5.69 Å². The molecule has 1 fully saturated rings. The number of halogens is 6. The number of hydrogen-bond acceptors (Lipinski definition) is 5. The first-order valence-electron chi connectivity index (χ1n) is 7.18. The molecule has 0 bridgehead atoms. The van der Waals surface area contributed by atoms with E-state index in [9.17, 15) is 46.6 Å². The highest BCUT2D eigenvalue weighted by molar-refractivity contribution is 5.76. The summed E-state index contributed by atoms with van der Waals surface area (Å²) in [5.41, 5.74) is -4.98. The lowest BCUT2D eigenvalue weighted by Gasteiger charge is -2.34. The Morgan fingerprint density at radius 1 is 1.00 bits per heavy atom. The first kappa shape index (κ1) is 19.7. The van der Waals surface area contributed by atoms with Gasteiger partial charge in [0.1, 0.15) is 0 Å². The first-order chi connectivity index (χ1) is 11.8. The van der Waals surface area contributed by atoms with Gasteiger partial charge in [-0.15, -0.1) is 0 Å². The highest BCUT2D eigenvalue weighted by Crippen LogP contribution is 2.45. The van der Waals surface area contributed by atoms with Gasteiger partial charge in [-0.3, -0.25) is 20.2 Å². The molecule has 144 valence electrons. The highest BCUT2D eigenvalue weighted by atomic mass is 19.4. The van der Waals surface area contributed by atoms with E-state index in [0.29, 0.717) is 0 Å². The Morgan fingerprint density at radius 3 is 1.88 bits per heavy atom. The van der Waals surface area contributed by atoms with E-state index in [1.165, 1.54) is 0 Å². The van der Waals surface area contributed by atoms with Gasteiger partial charge < -0.3 is 4.90 Å². The molecule has 0 saturated carbocycles. The van der Waals surface area contributed by atoms with Crippen molar-refractivity contribution in [3.63, 3.8) is 0 Å². The van der Waals surface area contributed by atoms with E-state index in [1.54, 1.807) is 0 Å². The summed E-state index contributed by atoms with van der Waals surface area (Å²) in [7, 11) is 0. The van der Waals surface area contributed by atoms with Gasteiger partial charge in [-0.05, 0) is 12.8 Å². The van der Waals surface area contributed by atoms with Gasteiger partial charge in [0.25, 0.3) is 11.4 Å². The van der Waals surface area contributed by atoms with E-state index in [2.05, 4.69) is 0 Å². The van der Waals surface area contributed by atoms with Crippen LogP contribution in [0.4, 0.5) is 43.4 Å². The van der Waals surface area contributed by atoms with E-state index in [1.807, 2.05) is 0 Å². The zero-order valence-electron chi connectivity index (χ0n) is 12.8. The third-order valence-corrected chi connectivity index (χ3v) is 3.99. The monoisotopic (exact) mass is 387 g/mol. The van der Waals surface area contributed by atoms with Crippen LogP contribution in [0.3, 0.4) is 0 Å². The number of benzene rings is 1. The van der Waals surface area contributed by atoms with E-state index in [-0.39, 0.29) is 31.5 Å². The zero-order chi connectivity index (χ0) is 19.9. The lowest BCUT2D eigenvalue weighted by Crippen LogP contribution is -2.42. The van der Waals surface area contributed by atoms with Gasteiger partial charge in [-0.25, -0.2) is 0 Å². The van der Waals surface area contributed by atoms with Crippen molar-refractivity contribution in [2.45, 2.75) is 25.2 Å². The number of nitrogens with zero attached hydrogens (tertiary/aromatic N) is 3. The zero-order valence-corrected chi connectivity index (χ0v) is 12.8. The van der Waals surface area contributed by atoms with Crippen LogP contribution in [0, 0.1) is 26.1 Å². The Balaban J connectivity index is 2.63. The molecule has 26 heavy (non-hydrogen) atoms. The van der Waals surface area contributed by atoms with Crippen molar-refractivity contribution in [3.8, 4) is 0 Å². The smallest absolute Gasteiger partial charge is 0.360 e. The van der Waals surface area contributed by atoms with Crippen molar-refractivity contribution < 1.29 is 36.2 Å². The lowest BCUT2D eigenvalue weighted by molar-refractivity contribution is -0.393. The first-order valence-corrected chi connectivity index (χ1v) is 7.18. The minimum atomic E-state index is -5.09. The Labute approximate surface area is 141 Å². The third kappa shape index (κ3) is 3.96. The van der Waals surface area contributed by atoms with E-state index >= 15 is 0 Å². The van der Waals surface area contributed by atoms with Gasteiger partial charge in [-0.1, -0.05) is 0 Å². The van der Waals surface area contributed by atoms with Crippen LogP contribution in [0.1, 0.15) is 18.4 Å². The van der Waals surface area contributed by atoms with Crippen LogP contribution in [-0.4, -0.2) is 29.1 Å². The van der Waals surface area contributed by atoms with Crippen molar-refractivity contribution >= 4 is 17.1 Å². The average molecular weight is 387 g/mol. The van der Waals surface area contributed by atoms with Crippen LogP contribution >= 0.6 is 0 Å². The van der Waals surface area contributed by atoms with Crippen molar-refractivity contribution in [2.75, 3.05) is 18.0 Å². The number of piperidine rings is 1. The maximum absolute atomic E-state index is 12.9. The molecule has 7 nitrogen and oxygen atoms in total. The van der Waals surface area contributed by atoms with Gasteiger partial charge in [0.2, 0.25) is 0 Å². The molecule has 1 aromatic carbocycles. The van der Waals surface area contributed by atoms with Crippen LogP contribution in [-0.2, 0) is 6.18 Å². The molecule has 1 aliphatic rings. The predicted molar refractivity (Wildman–Crippen MR) is 75.7 cm³/mol. The molecule has 1 saturated heterocycles. The van der Waals surface area contributed by atoms with Crippen molar-refractivity contribution in [1.29, 1.82) is 0 Å². The number of alkyl halides is 6. The molecular formula is C13H11F6N3O4. The summed E-state index contributed by atoms with van der Waals surface area (Å²) in [6.45, 7) is -0.990. The fourth-order valence-corrected chi connectivity index (χ4v) is 2.82. The molecule has 1 aliphatic heterocycles. The maximum atomic E-state index is 12.9. The maximum Gasteiger partial charge on any atom is 0.416 e. The number of anilines is 1. The summed E-state index contributed by atoms with van der Waals surface area (Å²) in [4.78, 5) is 20.6. The van der Waals surface area contributed by atoms with Crippen LogP contribution in [0.15, 0.2) is 12.1 Å². The summed E-state index contributed by atoms with van der Waals surface area (Å²) < 4.78 is 77.4. The molecule has 0 amide bonds. The second-order valence-electron chi connectivity index (χ2n) is 5.70. The SMILES string of the molecule is O=[N+]([O-])c1cc(C(F)(F)F)cc([N+](=O)[O-])c1N1CCC[C@@H](C(F)(F)F)C1. The fraction of sp³-hybridized carbons (Fsp3) is 0.538. The summed E-state index contributed by atoms with van der Waals surface area (Å²) in [6.07, 6.45) is -10.1. The van der Waals surface area contributed by atoms with Gasteiger partial charge in [-0.2, -0.15) is 26.3 Å². The lowest BCUT2D eigenvalue weighted by atomic mass is 9.96. The molecule has 1 heterocycles. The molecule has 1 aromatic rings. The fourth-order valence-electron chi connectivity index (χ4n) is 2.82. The molecule has 2 rings (SSSR count). The molecule has 1 atom stereocenters. The van der Waals surface area contributed by atoms with Gasteiger partial charge in [0, 0.05) is 25.2 Å². The Bertz CT molecular complexity index is 699. The minimum absolute atomic E-state index is 0.0699. The van der Waals surface area contributed by atoms with Crippen molar-refractivity contribution in [2.24, 2.45) is 5.92 Å². The number of nitro benzene ring substituents is 2. The summed E-state index contributed by atoms with van der Waals surface area (Å²) in [5.74, 6) is -1.89. The Kier molecular flexibility index (Phi) is 5.01. The predicted octanol–water partition coefficient (Wildman–Crippen LogP) is 4.30. The Morgan fingerprint density at radius 2 is 1.50 bits per heavy atom.